The van der Waals surface area contributed by atoms with Gasteiger partial charge in [0.15, 0.2) is 5.82 Å². The fourth-order valence-corrected chi connectivity index (χ4v) is 8.51. The van der Waals surface area contributed by atoms with Crippen LogP contribution in [0.1, 0.15) is 0 Å². The van der Waals surface area contributed by atoms with Crippen LogP contribution in [-0.4, -0.2) is 14.5 Å². The summed E-state index contributed by atoms with van der Waals surface area (Å²) >= 11 is 1.86. The van der Waals surface area contributed by atoms with E-state index >= 15 is 0 Å². The lowest BCUT2D eigenvalue weighted by Gasteiger charge is -2.10. The van der Waals surface area contributed by atoms with Gasteiger partial charge in [-0.3, -0.25) is 0 Å². The van der Waals surface area contributed by atoms with Crippen molar-refractivity contribution >= 4 is 64.1 Å². The molecule has 0 aliphatic carbocycles. The fraction of sp³-hybridized carbons (Fsp3) is 0. The van der Waals surface area contributed by atoms with Crippen molar-refractivity contribution in [1.82, 2.24) is 14.5 Å². The minimum atomic E-state index is 0.724. The lowest BCUT2D eigenvalue weighted by atomic mass is 10.0. The summed E-state index contributed by atoms with van der Waals surface area (Å²) in [5.74, 6) is 0.724. The number of thiophene rings is 1. The summed E-state index contributed by atoms with van der Waals surface area (Å²) in [4.78, 5) is 10.4. The van der Waals surface area contributed by atoms with E-state index in [9.17, 15) is 0 Å². The highest BCUT2D eigenvalue weighted by Gasteiger charge is 2.20. The smallest absolute Gasteiger partial charge is 0.160 e. The molecule has 4 heteroatoms. The number of benzene rings is 7. The molecule has 0 unspecified atom stereocenters. The zero-order valence-electron chi connectivity index (χ0n) is 25.8. The van der Waals surface area contributed by atoms with Crippen molar-refractivity contribution < 1.29 is 0 Å². The second-order valence-electron chi connectivity index (χ2n) is 12.2. The van der Waals surface area contributed by atoms with Crippen LogP contribution < -0.4 is 0 Å². The fourth-order valence-electron chi connectivity index (χ4n) is 7.15. The molecule has 3 nitrogen and oxygen atoms in total. The van der Waals surface area contributed by atoms with Crippen LogP contribution >= 0.6 is 11.3 Å². The van der Waals surface area contributed by atoms with E-state index < -0.39 is 0 Å². The zero-order chi connectivity index (χ0) is 31.6. The van der Waals surface area contributed by atoms with Gasteiger partial charge < -0.3 is 4.57 Å². The number of para-hydroxylation sites is 2. The van der Waals surface area contributed by atoms with Gasteiger partial charge in [-0.1, -0.05) is 133 Å². The highest BCUT2D eigenvalue weighted by atomic mass is 32.1. The number of rotatable bonds is 4. The van der Waals surface area contributed by atoms with Crippen LogP contribution in [0.25, 0.3) is 92.3 Å². The van der Waals surface area contributed by atoms with E-state index in [-0.39, 0.29) is 0 Å². The third-order valence-electron chi connectivity index (χ3n) is 9.39. The maximum absolute atomic E-state index is 5.28. The zero-order valence-corrected chi connectivity index (χ0v) is 26.7. The molecule has 48 heavy (non-hydrogen) atoms. The van der Waals surface area contributed by atoms with Crippen molar-refractivity contribution in [1.29, 1.82) is 0 Å². The van der Waals surface area contributed by atoms with Gasteiger partial charge in [0.05, 0.1) is 27.1 Å². The Labute approximate surface area is 281 Å². The monoisotopic (exact) mass is 629 g/mol. The standard InChI is InChI=1S/C44H27N3S/c1-3-13-29(14-4-1)38-27-39(46-44(45-38)31-23-22-28-12-7-8-15-30(28)26-31)37-20-11-19-35-36-25-24-34-33-18-9-10-21-40(33)47(32-16-5-2-6-17-32)41(34)43(36)48-42(35)37/h1-27H. The first-order chi connectivity index (χ1) is 23.8. The topological polar surface area (TPSA) is 30.7 Å². The summed E-state index contributed by atoms with van der Waals surface area (Å²) in [6.45, 7) is 0. The van der Waals surface area contributed by atoms with Crippen molar-refractivity contribution in [3.05, 3.63) is 164 Å². The predicted molar refractivity (Wildman–Crippen MR) is 203 cm³/mol. The lowest BCUT2D eigenvalue weighted by molar-refractivity contribution is 1.19. The van der Waals surface area contributed by atoms with Crippen LogP contribution in [0.2, 0.25) is 0 Å². The van der Waals surface area contributed by atoms with E-state index in [2.05, 4.69) is 162 Å². The number of fused-ring (bicyclic) bond motifs is 8. The third kappa shape index (κ3) is 4.20. The first-order valence-corrected chi connectivity index (χ1v) is 17.0. The molecule has 0 bridgehead atoms. The summed E-state index contributed by atoms with van der Waals surface area (Å²) in [6, 6.07) is 58.2. The number of hydrogen-bond donors (Lipinski definition) is 0. The van der Waals surface area contributed by atoms with E-state index in [1.165, 1.54) is 52.8 Å². The summed E-state index contributed by atoms with van der Waals surface area (Å²) < 4.78 is 4.94. The molecule has 0 spiro atoms. The average molecular weight is 630 g/mol. The molecule has 0 amide bonds. The number of nitrogens with zero attached hydrogens (tertiary/aromatic N) is 3. The Morgan fingerprint density at radius 3 is 2.00 bits per heavy atom. The first kappa shape index (κ1) is 27.1. The molecule has 224 valence electrons. The van der Waals surface area contributed by atoms with Gasteiger partial charge in [-0.25, -0.2) is 9.97 Å². The van der Waals surface area contributed by atoms with Crippen LogP contribution in [-0.2, 0) is 0 Å². The molecule has 0 fully saturated rings. The molecule has 3 aromatic heterocycles. The van der Waals surface area contributed by atoms with E-state index in [1.807, 2.05) is 17.4 Å². The summed E-state index contributed by atoms with van der Waals surface area (Å²) in [7, 11) is 0. The average Bonchev–Trinajstić information content (AvgIpc) is 3.71. The molecule has 0 N–H and O–H groups in total. The van der Waals surface area contributed by atoms with Crippen LogP contribution in [0.5, 0.6) is 0 Å². The molecule has 7 aromatic carbocycles. The van der Waals surface area contributed by atoms with Gasteiger partial charge >= 0.3 is 0 Å². The molecule has 0 saturated carbocycles. The SMILES string of the molecule is c1ccc(-c2cc(-c3cccc4c3sc3c4ccc4c5ccccc5n(-c5ccccc5)c43)nc(-c3ccc4ccccc4c3)n2)cc1. The minimum absolute atomic E-state index is 0.724. The highest BCUT2D eigenvalue weighted by Crippen LogP contribution is 2.45. The Balaban J connectivity index is 1.25. The molecule has 0 radical (unpaired) electrons. The quantitative estimate of drug-likeness (QED) is 0.194. The number of hydrogen-bond acceptors (Lipinski definition) is 3. The largest absolute Gasteiger partial charge is 0.308 e. The normalized spacial score (nSPS) is 11.8. The van der Waals surface area contributed by atoms with Crippen molar-refractivity contribution in [3.8, 4) is 39.6 Å². The van der Waals surface area contributed by atoms with Gasteiger partial charge in [-0.05, 0) is 41.1 Å². The molecule has 0 atom stereocenters. The van der Waals surface area contributed by atoms with Gasteiger partial charge in [0.25, 0.3) is 0 Å². The summed E-state index contributed by atoms with van der Waals surface area (Å²) in [5, 5.41) is 7.41. The van der Waals surface area contributed by atoms with Crippen molar-refractivity contribution in [2.45, 2.75) is 0 Å². The Kier molecular flexibility index (Phi) is 6.05. The highest BCUT2D eigenvalue weighted by molar-refractivity contribution is 7.27. The predicted octanol–water partition coefficient (Wildman–Crippen LogP) is 12.1. The van der Waals surface area contributed by atoms with Crippen molar-refractivity contribution in [2.24, 2.45) is 0 Å². The van der Waals surface area contributed by atoms with Crippen LogP contribution in [0.15, 0.2) is 164 Å². The van der Waals surface area contributed by atoms with E-state index in [4.69, 9.17) is 9.97 Å². The van der Waals surface area contributed by atoms with Crippen molar-refractivity contribution in [2.75, 3.05) is 0 Å². The van der Waals surface area contributed by atoms with Crippen molar-refractivity contribution in [3.63, 3.8) is 0 Å². The summed E-state index contributed by atoms with van der Waals surface area (Å²) in [5.41, 5.74) is 8.65. The van der Waals surface area contributed by atoms with Gasteiger partial charge in [-0.15, -0.1) is 11.3 Å². The minimum Gasteiger partial charge on any atom is -0.308 e. The van der Waals surface area contributed by atoms with Gasteiger partial charge in [0.1, 0.15) is 0 Å². The first-order valence-electron chi connectivity index (χ1n) is 16.2. The van der Waals surface area contributed by atoms with E-state index in [1.54, 1.807) is 0 Å². The Bertz CT molecular complexity index is 2830. The Morgan fingerprint density at radius 2 is 1.12 bits per heavy atom. The van der Waals surface area contributed by atoms with Gasteiger partial charge in [0.2, 0.25) is 0 Å². The third-order valence-corrected chi connectivity index (χ3v) is 10.7. The van der Waals surface area contributed by atoms with Crippen LogP contribution in [0.3, 0.4) is 0 Å². The van der Waals surface area contributed by atoms with Gasteiger partial charge in [-0.2, -0.15) is 0 Å². The molecule has 10 rings (SSSR count). The summed E-state index contributed by atoms with van der Waals surface area (Å²) in [6.07, 6.45) is 0. The maximum Gasteiger partial charge on any atom is 0.160 e. The molecule has 10 aromatic rings. The molecular formula is C44H27N3S. The second-order valence-corrected chi connectivity index (χ2v) is 13.2. The Hall–Kier alpha value is -6.10. The van der Waals surface area contributed by atoms with Crippen LogP contribution in [0.4, 0.5) is 0 Å². The molecule has 0 saturated heterocycles. The van der Waals surface area contributed by atoms with E-state index in [0.717, 1.165) is 39.6 Å². The maximum atomic E-state index is 5.28. The Morgan fingerprint density at radius 1 is 0.438 bits per heavy atom. The van der Waals surface area contributed by atoms with Gasteiger partial charge in [0, 0.05) is 48.6 Å². The van der Waals surface area contributed by atoms with E-state index in [0.29, 0.717) is 0 Å². The van der Waals surface area contributed by atoms with Crippen LogP contribution in [0, 0.1) is 0 Å². The second kappa shape index (κ2) is 10.7. The molecule has 3 heterocycles. The molecular weight excluding hydrogens is 603 g/mol. The lowest BCUT2D eigenvalue weighted by Crippen LogP contribution is -1.96. The number of aromatic nitrogens is 3. The molecule has 0 aliphatic heterocycles. The molecule has 0 aliphatic rings.